The van der Waals surface area contributed by atoms with E-state index in [4.69, 9.17) is 0 Å². The van der Waals surface area contributed by atoms with E-state index in [1.54, 1.807) is 31.3 Å². The molecule has 7 heteroatoms. The van der Waals surface area contributed by atoms with Gasteiger partial charge in [-0.1, -0.05) is 35.9 Å². The fourth-order valence-corrected chi connectivity index (χ4v) is 3.54. The fourth-order valence-electron chi connectivity index (χ4n) is 3.54. The number of hydrazone groups is 1. The van der Waals surface area contributed by atoms with Gasteiger partial charge in [-0.2, -0.15) is 5.10 Å². The number of nitrogens with zero attached hydrogens (tertiary/aromatic N) is 3. The van der Waals surface area contributed by atoms with Crippen molar-refractivity contribution in [1.29, 1.82) is 0 Å². The van der Waals surface area contributed by atoms with Gasteiger partial charge in [0.1, 0.15) is 5.71 Å². The van der Waals surface area contributed by atoms with Gasteiger partial charge in [0.15, 0.2) is 0 Å². The number of para-hydroxylation sites is 1. The molecule has 1 aliphatic rings. The average molecular weight is 406 g/mol. The van der Waals surface area contributed by atoms with Crippen LogP contribution in [0.25, 0.3) is 0 Å². The Balaban J connectivity index is 1.69. The number of rotatable bonds is 5. The lowest BCUT2D eigenvalue weighted by Crippen LogP contribution is -2.42. The van der Waals surface area contributed by atoms with Crippen molar-refractivity contribution in [2.45, 2.75) is 33.6 Å². The fraction of sp³-hybridized carbons (Fsp3) is 0.304. The Labute approximate surface area is 176 Å². The summed E-state index contributed by atoms with van der Waals surface area (Å²) < 4.78 is 0. The number of amides is 3. The van der Waals surface area contributed by atoms with E-state index >= 15 is 0 Å². The third kappa shape index (κ3) is 4.74. The third-order valence-electron chi connectivity index (χ3n) is 4.95. The van der Waals surface area contributed by atoms with E-state index in [2.05, 4.69) is 10.4 Å². The second-order valence-electron chi connectivity index (χ2n) is 7.57. The molecular weight excluding hydrogens is 380 g/mol. The van der Waals surface area contributed by atoms with Crippen molar-refractivity contribution in [3.8, 4) is 0 Å². The summed E-state index contributed by atoms with van der Waals surface area (Å²) in [7, 11) is 1.56. The molecule has 1 aliphatic heterocycles. The smallest absolute Gasteiger partial charge is 0.270 e. The standard InChI is InChI=1S/C23H26N4O3/c1-15-12-16(2)22(17(3)13-15)24-20(28)14-26(4)23(30)19-10-11-21(29)27(25-19)18-8-6-5-7-9-18/h5-9,12-13H,10-11,14H2,1-4H3,(H,24,28). The Morgan fingerprint density at radius 3 is 2.33 bits per heavy atom. The Morgan fingerprint density at radius 1 is 1.07 bits per heavy atom. The summed E-state index contributed by atoms with van der Waals surface area (Å²) in [6, 6.07) is 13.0. The van der Waals surface area contributed by atoms with E-state index < -0.39 is 0 Å². The van der Waals surface area contributed by atoms with Gasteiger partial charge in [-0.05, 0) is 44.0 Å². The zero-order chi connectivity index (χ0) is 21.8. The van der Waals surface area contributed by atoms with Crippen LogP contribution in [0, 0.1) is 20.8 Å². The van der Waals surface area contributed by atoms with Gasteiger partial charge in [0.25, 0.3) is 5.91 Å². The van der Waals surface area contributed by atoms with Crippen molar-refractivity contribution < 1.29 is 14.4 Å². The number of hydrogen-bond donors (Lipinski definition) is 1. The van der Waals surface area contributed by atoms with Gasteiger partial charge in [-0.3, -0.25) is 14.4 Å². The van der Waals surface area contributed by atoms with Crippen LogP contribution in [0.3, 0.4) is 0 Å². The van der Waals surface area contributed by atoms with E-state index in [0.717, 1.165) is 22.4 Å². The van der Waals surface area contributed by atoms with Crippen LogP contribution in [0.5, 0.6) is 0 Å². The van der Waals surface area contributed by atoms with Gasteiger partial charge in [0, 0.05) is 25.6 Å². The predicted octanol–water partition coefficient (Wildman–Crippen LogP) is 3.19. The number of carbonyl (C=O) groups excluding carboxylic acids is 3. The van der Waals surface area contributed by atoms with E-state index in [9.17, 15) is 14.4 Å². The molecule has 0 unspecified atom stereocenters. The summed E-state index contributed by atoms with van der Waals surface area (Å²) >= 11 is 0. The quantitative estimate of drug-likeness (QED) is 0.828. The molecule has 0 saturated heterocycles. The number of nitrogens with one attached hydrogen (secondary N) is 1. The zero-order valence-electron chi connectivity index (χ0n) is 17.7. The second kappa shape index (κ2) is 8.90. The van der Waals surface area contributed by atoms with Crippen LogP contribution in [0.1, 0.15) is 29.5 Å². The molecule has 0 bridgehead atoms. The normalized spacial score (nSPS) is 13.7. The molecule has 2 aromatic rings. The monoisotopic (exact) mass is 406 g/mol. The van der Waals surface area contributed by atoms with Gasteiger partial charge < -0.3 is 10.2 Å². The molecular formula is C23H26N4O3. The lowest BCUT2D eigenvalue weighted by molar-refractivity contribution is -0.128. The molecule has 0 atom stereocenters. The minimum atomic E-state index is -0.365. The molecule has 0 spiro atoms. The van der Waals surface area contributed by atoms with E-state index in [-0.39, 0.29) is 42.8 Å². The van der Waals surface area contributed by atoms with Crippen LogP contribution in [0.4, 0.5) is 11.4 Å². The van der Waals surface area contributed by atoms with Crippen LogP contribution < -0.4 is 10.3 Å². The van der Waals surface area contributed by atoms with Gasteiger partial charge in [0.2, 0.25) is 11.8 Å². The van der Waals surface area contributed by atoms with E-state index in [0.29, 0.717) is 5.69 Å². The molecule has 1 N–H and O–H groups in total. The molecule has 3 rings (SSSR count). The summed E-state index contributed by atoms with van der Waals surface area (Å²) in [4.78, 5) is 38.9. The van der Waals surface area contributed by atoms with Crippen molar-refractivity contribution in [2.75, 3.05) is 23.9 Å². The summed E-state index contributed by atoms with van der Waals surface area (Å²) in [5.41, 5.74) is 4.71. The van der Waals surface area contributed by atoms with Crippen molar-refractivity contribution in [3.63, 3.8) is 0 Å². The molecule has 0 saturated carbocycles. The first-order chi connectivity index (χ1) is 14.3. The van der Waals surface area contributed by atoms with Gasteiger partial charge in [-0.15, -0.1) is 0 Å². The first kappa shape index (κ1) is 21.2. The van der Waals surface area contributed by atoms with Gasteiger partial charge in [0.05, 0.1) is 12.2 Å². The zero-order valence-corrected chi connectivity index (χ0v) is 17.7. The summed E-state index contributed by atoms with van der Waals surface area (Å²) in [5.74, 6) is -0.812. The number of carbonyl (C=O) groups is 3. The minimum Gasteiger partial charge on any atom is -0.331 e. The Bertz CT molecular complexity index is 991. The SMILES string of the molecule is Cc1cc(C)c(NC(=O)CN(C)C(=O)C2=NN(c3ccccc3)C(=O)CC2)c(C)c1. The number of benzene rings is 2. The lowest BCUT2D eigenvalue weighted by atomic mass is 10.1. The Morgan fingerprint density at radius 2 is 1.70 bits per heavy atom. The number of anilines is 2. The van der Waals surface area contributed by atoms with Crippen LogP contribution >= 0.6 is 0 Å². The number of likely N-dealkylation sites (N-methyl/N-ethyl adjacent to an activating group) is 1. The molecule has 0 radical (unpaired) electrons. The third-order valence-corrected chi connectivity index (χ3v) is 4.95. The maximum atomic E-state index is 12.8. The first-order valence-corrected chi connectivity index (χ1v) is 9.85. The summed E-state index contributed by atoms with van der Waals surface area (Å²) in [5, 5.41) is 8.41. The Kier molecular flexibility index (Phi) is 6.30. The molecule has 0 aromatic heterocycles. The maximum absolute atomic E-state index is 12.8. The van der Waals surface area contributed by atoms with Crippen molar-refractivity contribution >= 4 is 34.8 Å². The predicted molar refractivity (Wildman–Crippen MR) is 118 cm³/mol. The molecule has 0 aliphatic carbocycles. The van der Waals surface area contributed by atoms with Gasteiger partial charge in [-0.25, -0.2) is 5.01 Å². The van der Waals surface area contributed by atoms with Gasteiger partial charge >= 0.3 is 0 Å². The molecule has 1 heterocycles. The number of aryl methyl sites for hydroxylation is 3. The van der Waals surface area contributed by atoms with Crippen molar-refractivity contribution in [3.05, 3.63) is 59.2 Å². The molecule has 2 aromatic carbocycles. The molecule has 7 nitrogen and oxygen atoms in total. The highest BCUT2D eigenvalue weighted by molar-refractivity contribution is 6.40. The largest absolute Gasteiger partial charge is 0.331 e. The first-order valence-electron chi connectivity index (χ1n) is 9.85. The highest BCUT2D eigenvalue weighted by Gasteiger charge is 2.28. The van der Waals surface area contributed by atoms with Crippen LogP contribution in [-0.2, 0) is 14.4 Å². The molecule has 30 heavy (non-hydrogen) atoms. The Hall–Kier alpha value is -3.48. The second-order valence-corrected chi connectivity index (χ2v) is 7.57. The lowest BCUT2D eigenvalue weighted by Gasteiger charge is -2.25. The molecule has 0 fully saturated rings. The van der Waals surface area contributed by atoms with E-state index in [1.165, 1.54) is 9.91 Å². The minimum absolute atomic E-state index is 0.107. The highest BCUT2D eigenvalue weighted by atomic mass is 16.2. The van der Waals surface area contributed by atoms with Crippen LogP contribution in [0.2, 0.25) is 0 Å². The topological polar surface area (TPSA) is 82.1 Å². The summed E-state index contributed by atoms with van der Waals surface area (Å²) in [6.07, 6.45) is 0.449. The van der Waals surface area contributed by atoms with Crippen LogP contribution in [-0.4, -0.2) is 41.9 Å². The average Bonchev–Trinajstić information content (AvgIpc) is 2.71. The molecule has 3 amide bonds. The number of hydrogen-bond acceptors (Lipinski definition) is 4. The molecule has 156 valence electrons. The van der Waals surface area contributed by atoms with E-state index in [1.807, 2.05) is 39.0 Å². The summed E-state index contributed by atoms with van der Waals surface area (Å²) in [6.45, 7) is 5.78. The highest BCUT2D eigenvalue weighted by Crippen LogP contribution is 2.22. The maximum Gasteiger partial charge on any atom is 0.270 e. The van der Waals surface area contributed by atoms with Crippen LogP contribution in [0.15, 0.2) is 47.6 Å². The van der Waals surface area contributed by atoms with Crippen molar-refractivity contribution in [1.82, 2.24) is 4.90 Å². The van der Waals surface area contributed by atoms with Crippen molar-refractivity contribution in [2.24, 2.45) is 5.10 Å².